The molecule has 0 radical (unpaired) electrons. The molecule has 1 aromatic rings. The Labute approximate surface area is 167 Å². The Hall–Kier alpha value is -2.34. The number of carboxylic acids is 2. The fourth-order valence-electron chi connectivity index (χ4n) is 3.56. The maximum Gasteiger partial charge on any atom is 0.414 e. The first-order valence-corrected chi connectivity index (χ1v) is 9.82. The highest BCUT2D eigenvalue weighted by molar-refractivity contribution is 6.27. The molecule has 0 spiro atoms. The lowest BCUT2D eigenvalue weighted by Gasteiger charge is -2.34. The Morgan fingerprint density at radius 3 is 2.25 bits per heavy atom. The third kappa shape index (κ3) is 10.1. The fourth-order valence-corrected chi connectivity index (χ4v) is 3.56. The van der Waals surface area contributed by atoms with Crippen molar-refractivity contribution in [1.29, 1.82) is 0 Å². The van der Waals surface area contributed by atoms with Crippen molar-refractivity contribution in [1.82, 2.24) is 4.90 Å². The molecule has 0 atom stereocenters. The van der Waals surface area contributed by atoms with Crippen molar-refractivity contribution in [3.8, 4) is 0 Å². The van der Waals surface area contributed by atoms with Crippen molar-refractivity contribution < 1.29 is 24.5 Å². The number of ether oxygens (including phenoxy) is 1. The lowest BCUT2D eigenvalue weighted by molar-refractivity contribution is -0.159. The Morgan fingerprint density at radius 2 is 1.71 bits per heavy atom. The second-order valence-corrected chi connectivity index (χ2v) is 7.22. The van der Waals surface area contributed by atoms with Crippen LogP contribution in [0.4, 0.5) is 0 Å². The van der Waals surface area contributed by atoms with Crippen LogP contribution in [0, 0.1) is 5.92 Å². The first-order chi connectivity index (χ1) is 13.4. The van der Waals surface area contributed by atoms with Gasteiger partial charge in [-0.3, -0.25) is 4.90 Å². The SMILES string of the molecule is COC=CCCC[C@H]1CC[C@@H](N(C)Cc2ccccc2)CC1.O=C(O)C(=O)O. The van der Waals surface area contributed by atoms with Crippen LogP contribution in [0.15, 0.2) is 42.7 Å². The van der Waals surface area contributed by atoms with E-state index in [4.69, 9.17) is 24.5 Å². The summed E-state index contributed by atoms with van der Waals surface area (Å²) < 4.78 is 4.94. The van der Waals surface area contributed by atoms with Crippen LogP contribution in [-0.2, 0) is 20.9 Å². The minimum absolute atomic E-state index is 0.768. The van der Waals surface area contributed by atoms with Crippen LogP contribution in [0.2, 0.25) is 0 Å². The highest BCUT2D eigenvalue weighted by Crippen LogP contribution is 2.31. The van der Waals surface area contributed by atoms with E-state index in [-0.39, 0.29) is 0 Å². The standard InChI is InChI=1S/C20H31NO.C2H2O4/c1-21(17-19-10-5-3-6-11-19)20-14-12-18(13-15-20)9-7-4-8-16-22-2;3-1(4)2(5)6/h3,5-6,8,10-11,16,18,20H,4,7,9,12-15,17H2,1-2H3;(H,3,4)(H,5,6)/t18-,20+;. The number of carboxylic acid groups (broad SMARTS) is 2. The molecule has 0 saturated heterocycles. The Morgan fingerprint density at radius 1 is 1.11 bits per heavy atom. The van der Waals surface area contributed by atoms with Crippen LogP contribution in [0.1, 0.15) is 50.5 Å². The van der Waals surface area contributed by atoms with Crippen LogP contribution >= 0.6 is 0 Å². The lowest BCUT2D eigenvalue weighted by Crippen LogP contribution is -2.34. The van der Waals surface area contributed by atoms with Gasteiger partial charge in [-0.15, -0.1) is 0 Å². The first kappa shape index (κ1) is 23.7. The van der Waals surface area contributed by atoms with Crippen molar-refractivity contribution in [3.05, 3.63) is 48.2 Å². The Balaban J connectivity index is 0.000000568. The lowest BCUT2D eigenvalue weighted by atomic mass is 9.82. The first-order valence-electron chi connectivity index (χ1n) is 9.82. The molecule has 1 aliphatic carbocycles. The van der Waals surface area contributed by atoms with Crippen LogP contribution in [0.3, 0.4) is 0 Å². The summed E-state index contributed by atoms with van der Waals surface area (Å²) in [6, 6.07) is 11.6. The predicted octanol–water partition coefficient (Wildman–Crippen LogP) is 4.16. The van der Waals surface area contributed by atoms with Crippen molar-refractivity contribution in [3.63, 3.8) is 0 Å². The van der Waals surface area contributed by atoms with Gasteiger partial charge >= 0.3 is 11.9 Å². The van der Waals surface area contributed by atoms with Crippen LogP contribution in [0.5, 0.6) is 0 Å². The average Bonchev–Trinajstić information content (AvgIpc) is 2.69. The van der Waals surface area contributed by atoms with E-state index in [1.54, 1.807) is 13.4 Å². The molecule has 1 aliphatic rings. The molecule has 156 valence electrons. The van der Waals surface area contributed by atoms with E-state index < -0.39 is 11.9 Å². The molecular formula is C22H33NO5. The van der Waals surface area contributed by atoms with Gasteiger partial charge in [0.2, 0.25) is 0 Å². The molecule has 28 heavy (non-hydrogen) atoms. The number of nitrogens with zero attached hydrogens (tertiary/aromatic N) is 1. The van der Waals surface area contributed by atoms with Gasteiger partial charge in [-0.2, -0.15) is 0 Å². The molecule has 6 nitrogen and oxygen atoms in total. The third-order valence-corrected chi connectivity index (χ3v) is 5.11. The molecule has 0 aliphatic heterocycles. The minimum Gasteiger partial charge on any atom is -0.505 e. The van der Waals surface area contributed by atoms with Gasteiger partial charge in [-0.05, 0) is 63.1 Å². The molecule has 2 N–H and O–H groups in total. The van der Waals surface area contributed by atoms with Gasteiger partial charge in [0.25, 0.3) is 0 Å². The Kier molecular flexibility index (Phi) is 11.7. The topological polar surface area (TPSA) is 87.1 Å². The summed E-state index contributed by atoms with van der Waals surface area (Å²) in [5.41, 5.74) is 1.43. The van der Waals surface area contributed by atoms with E-state index in [0.29, 0.717) is 0 Å². The number of rotatable bonds is 8. The number of allylic oxidation sites excluding steroid dienone is 1. The van der Waals surface area contributed by atoms with E-state index >= 15 is 0 Å². The molecule has 0 amide bonds. The number of unbranched alkanes of at least 4 members (excludes halogenated alkanes) is 1. The minimum atomic E-state index is -1.82. The fraction of sp³-hybridized carbons (Fsp3) is 0.545. The summed E-state index contributed by atoms with van der Waals surface area (Å²) in [5.74, 6) is -2.71. The van der Waals surface area contributed by atoms with Gasteiger partial charge in [0.15, 0.2) is 0 Å². The summed E-state index contributed by atoms with van der Waals surface area (Å²) in [5, 5.41) is 14.8. The van der Waals surface area contributed by atoms with E-state index in [2.05, 4.69) is 48.4 Å². The maximum atomic E-state index is 9.10. The number of hydrogen-bond donors (Lipinski definition) is 2. The number of benzene rings is 1. The molecule has 1 fully saturated rings. The summed E-state index contributed by atoms with van der Waals surface area (Å²) in [4.78, 5) is 20.7. The second-order valence-electron chi connectivity index (χ2n) is 7.22. The second kappa shape index (κ2) is 13.8. The van der Waals surface area contributed by atoms with E-state index in [1.165, 1.54) is 44.1 Å². The number of methoxy groups -OCH3 is 1. The zero-order chi connectivity index (χ0) is 20.8. The van der Waals surface area contributed by atoms with Gasteiger partial charge in [0, 0.05) is 12.6 Å². The molecule has 0 bridgehead atoms. The van der Waals surface area contributed by atoms with Gasteiger partial charge in [0.1, 0.15) is 0 Å². The van der Waals surface area contributed by atoms with Crippen molar-refractivity contribution >= 4 is 11.9 Å². The van der Waals surface area contributed by atoms with Gasteiger partial charge in [-0.1, -0.05) is 36.8 Å². The average molecular weight is 392 g/mol. The van der Waals surface area contributed by atoms with Crippen molar-refractivity contribution in [2.45, 2.75) is 57.5 Å². The summed E-state index contributed by atoms with van der Waals surface area (Å²) >= 11 is 0. The number of hydrogen-bond acceptors (Lipinski definition) is 4. The molecular weight excluding hydrogens is 358 g/mol. The van der Waals surface area contributed by atoms with Crippen LogP contribution < -0.4 is 0 Å². The van der Waals surface area contributed by atoms with E-state index in [1.807, 2.05) is 0 Å². The van der Waals surface area contributed by atoms with Gasteiger partial charge in [0.05, 0.1) is 13.4 Å². The summed E-state index contributed by atoms with van der Waals surface area (Å²) in [6.45, 7) is 1.08. The Bertz CT molecular complexity index is 582. The molecule has 1 aromatic carbocycles. The molecule has 6 heteroatoms. The van der Waals surface area contributed by atoms with E-state index in [0.717, 1.165) is 24.9 Å². The van der Waals surface area contributed by atoms with E-state index in [9.17, 15) is 0 Å². The quantitative estimate of drug-likeness (QED) is 0.393. The number of aliphatic carboxylic acids is 2. The number of carbonyl (C=O) groups is 2. The molecule has 0 heterocycles. The highest BCUT2D eigenvalue weighted by Gasteiger charge is 2.23. The van der Waals surface area contributed by atoms with Crippen LogP contribution in [0.25, 0.3) is 0 Å². The van der Waals surface area contributed by atoms with Crippen LogP contribution in [-0.4, -0.2) is 47.3 Å². The maximum absolute atomic E-state index is 9.10. The molecule has 1 saturated carbocycles. The normalized spacial score (nSPS) is 19.1. The summed E-state index contributed by atoms with van der Waals surface area (Å²) in [6.07, 6.45) is 13.3. The monoisotopic (exact) mass is 391 g/mol. The molecule has 2 rings (SSSR count). The molecule has 0 aromatic heterocycles. The zero-order valence-electron chi connectivity index (χ0n) is 16.9. The zero-order valence-corrected chi connectivity index (χ0v) is 16.9. The van der Waals surface area contributed by atoms with Crippen molar-refractivity contribution in [2.24, 2.45) is 5.92 Å². The van der Waals surface area contributed by atoms with Crippen molar-refractivity contribution in [2.75, 3.05) is 14.2 Å². The third-order valence-electron chi connectivity index (χ3n) is 5.11. The van der Waals surface area contributed by atoms with Gasteiger partial charge < -0.3 is 14.9 Å². The smallest absolute Gasteiger partial charge is 0.414 e. The largest absolute Gasteiger partial charge is 0.505 e. The molecule has 0 unspecified atom stereocenters. The highest BCUT2D eigenvalue weighted by atomic mass is 16.5. The predicted molar refractivity (Wildman–Crippen MR) is 109 cm³/mol. The van der Waals surface area contributed by atoms with Gasteiger partial charge in [-0.25, -0.2) is 9.59 Å². The summed E-state index contributed by atoms with van der Waals surface area (Å²) in [7, 11) is 4.00.